The first kappa shape index (κ1) is 26.9. The lowest BCUT2D eigenvalue weighted by molar-refractivity contribution is -0.138. The van der Waals surface area contributed by atoms with Gasteiger partial charge in [-0.1, -0.05) is 36.4 Å². The lowest BCUT2D eigenvalue weighted by atomic mass is 9.51. The minimum atomic E-state index is -0.437. The zero-order valence-corrected chi connectivity index (χ0v) is 25.2. The van der Waals surface area contributed by atoms with Gasteiger partial charge in [0, 0.05) is 36.5 Å². The molecule has 2 saturated carbocycles. The number of hydrogen-bond acceptors (Lipinski definition) is 5. The first-order valence-electron chi connectivity index (χ1n) is 16.1. The molecule has 3 aromatic rings. The van der Waals surface area contributed by atoms with Crippen LogP contribution in [0, 0.1) is 18.8 Å². The zero-order chi connectivity index (χ0) is 29.3. The van der Waals surface area contributed by atoms with Crippen molar-refractivity contribution in [2.24, 2.45) is 11.8 Å². The van der Waals surface area contributed by atoms with E-state index in [1.165, 1.54) is 36.1 Å². The monoisotopic (exact) mass is 576 g/mol. The van der Waals surface area contributed by atoms with Gasteiger partial charge < -0.3 is 14.8 Å². The molecule has 6 nitrogen and oxygen atoms in total. The number of ketones is 1. The van der Waals surface area contributed by atoms with Gasteiger partial charge in [-0.3, -0.25) is 14.5 Å². The van der Waals surface area contributed by atoms with E-state index in [9.17, 15) is 9.59 Å². The molecule has 2 aliphatic heterocycles. The number of amides is 1. The fourth-order valence-electron chi connectivity index (χ4n) is 8.80. The molecule has 2 bridgehead atoms. The summed E-state index contributed by atoms with van der Waals surface area (Å²) in [6.45, 7) is 4.81. The Balaban J connectivity index is 0.990. The number of aryl methyl sites for hydroxylation is 1. The number of hydrogen-bond donors (Lipinski definition) is 1. The Morgan fingerprint density at radius 1 is 1.07 bits per heavy atom. The van der Waals surface area contributed by atoms with Crippen LogP contribution in [-0.4, -0.2) is 55.5 Å². The van der Waals surface area contributed by atoms with E-state index in [0.717, 1.165) is 60.6 Å². The summed E-state index contributed by atoms with van der Waals surface area (Å²) in [7, 11) is 1.69. The van der Waals surface area contributed by atoms with Gasteiger partial charge >= 0.3 is 0 Å². The fourth-order valence-corrected chi connectivity index (χ4v) is 8.80. The lowest BCUT2D eigenvalue weighted by Crippen LogP contribution is -2.66. The van der Waals surface area contributed by atoms with E-state index >= 15 is 0 Å². The van der Waals surface area contributed by atoms with Crippen molar-refractivity contribution in [3.8, 4) is 22.6 Å². The van der Waals surface area contributed by atoms with Gasteiger partial charge in [0.15, 0.2) is 11.9 Å². The van der Waals surface area contributed by atoms with Gasteiger partial charge in [-0.2, -0.15) is 0 Å². The molecule has 1 unspecified atom stereocenters. The van der Waals surface area contributed by atoms with Gasteiger partial charge in [-0.25, -0.2) is 0 Å². The quantitative estimate of drug-likeness (QED) is 0.375. The Morgan fingerprint density at radius 3 is 2.65 bits per heavy atom. The molecule has 1 amide bonds. The first-order valence-corrected chi connectivity index (χ1v) is 16.1. The maximum absolute atomic E-state index is 13.6. The number of likely N-dealkylation sites (tertiary alicyclic amines) is 1. The third-order valence-electron chi connectivity index (χ3n) is 11.1. The molecule has 4 atom stereocenters. The molecule has 222 valence electrons. The van der Waals surface area contributed by atoms with Crippen molar-refractivity contribution in [2.45, 2.75) is 69.4 Å². The Labute approximate surface area is 253 Å². The van der Waals surface area contributed by atoms with Gasteiger partial charge in [0.05, 0.1) is 12.7 Å². The summed E-state index contributed by atoms with van der Waals surface area (Å²) in [4.78, 5) is 29.6. The molecule has 8 rings (SSSR count). The number of nitrogens with one attached hydrogen (secondary N) is 1. The molecule has 5 aliphatic rings. The van der Waals surface area contributed by atoms with Gasteiger partial charge in [0.1, 0.15) is 11.5 Å². The van der Waals surface area contributed by atoms with Gasteiger partial charge in [-0.05, 0) is 110 Å². The molecule has 6 heteroatoms. The smallest absolute Gasteiger partial charge is 0.255 e. The second kappa shape index (κ2) is 10.2. The van der Waals surface area contributed by atoms with E-state index in [-0.39, 0.29) is 17.1 Å². The molecule has 1 N–H and O–H groups in total. The second-order valence-electron chi connectivity index (χ2n) is 13.5. The van der Waals surface area contributed by atoms with Crippen molar-refractivity contribution in [1.82, 2.24) is 10.2 Å². The van der Waals surface area contributed by atoms with E-state index in [4.69, 9.17) is 9.47 Å². The maximum atomic E-state index is 13.6. The molecular formula is C37H40N2O4. The molecule has 3 aromatic carbocycles. The van der Waals surface area contributed by atoms with E-state index in [1.807, 2.05) is 12.1 Å². The summed E-state index contributed by atoms with van der Waals surface area (Å²) in [5.74, 6) is 2.97. The van der Waals surface area contributed by atoms with Crippen molar-refractivity contribution >= 4 is 11.7 Å². The minimum absolute atomic E-state index is 0.115. The van der Waals surface area contributed by atoms with Gasteiger partial charge in [0.25, 0.3) is 5.91 Å². The third-order valence-corrected chi connectivity index (χ3v) is 11.1. The third kappa shape index (κ3) is 4.32. The van der Waals surface area contributed by atoms with E-state index in [0.29, 0.717) is 36.2 Å². The summed E-state index contributed by atoms with van der Waals surface area (Å²) in [5, 5.41) is 3.15. The Hall–Kier alpha value is -3.64. The number of Topliss-reactive ketones (excluding diaryl/α,β-unsaturated/α-hetero) is 1. The highest BCUT2D eigenvalue weighted by Crippen LogP contribution is 2.62. The highest BCUT2D eigenvalue weighted by atomic mass is 16.5. The highest BCUT2D eigenvalue weighted by Gasteiger charge is 2.66. The number of carbonyl (C=O) groups is 2. The molecule has 1 saturated heterocycles. The average Bonchev–Trinajstić information content (AvgIpc) is 3.77. The van der Waals surface area contributed by atoms with Crippen LogP contribution in [-0.2, 0) is 23.1 Å². The normalized spacial score (nSPS) is 26.9. The molecule has 1 spiro atoms. The molecule has 0 aromatic heterocycles. The first-order chi connectivity index (χ1) is 21.0. The number of benzene rings is 3. The molecule has 43 heavy (non-hydrogen) atoms. The molecule has 3 aliphatic carbocycles. The zero-order valence-electron chi connectivity index (χ0n) is 25.2. The number of ether oxygens (including phenoxy) is 2. The number of nitrogens with zero attached hydrogens (tertiary/aromatic N) is 1. The van der Waals surface area contributed by atoms with Crippen LogP contribution in [0.1, 0.15) is 64.7 Å². The number of piperidine rings is 1. The van der Waals surface area contributed by atoms with Crippen molar-refractivity contribution < 1.29 is 19.1 Å². The predicted octanol–water partition coefficient (Wildman–Crippen LogP) is 5.66. The predicted molar refractivity (Wildman–Crippen MR) is 166 cm³/mol. The summed E-state index contributed by atoms with van der Waals surface area (Å²) in [5.41, 5.74) is 7.39. The maximum Gasteiger partial charge on any atom is 0.255 e. The largest absolute Gasteiger partial charge is 0.496 e. The van der Waals surface area contributed by atoms with Crippen LogP contribution in [0.25, 0.3) is 11.1 Å². The van der Waals surface area contributed by atoms with E-state index in [2.05, 4.69) is 59.6 Å². The van der Waals surface area contributed by atoms with Crippen LogP contribution >= 0.6 is 0 Å². The van der Waals surface area contributed by atoms with Crippen molar-refractivity contribution in [1.29, 1.82) is 0 Å². The molecule has 3 fully saturated rings. The van der Waals surface area contributed by atoms with Gasteiger partial charge in [0.2, 0.25) is 0 Å². The average molecular weight is 577 g/mol. The Kier molecular flexibility index (Phi) is 6.41. The topological polar surface area (TPSA) is 67.9 Å². The van der Waals surface area contributed by atoms with Crippen LogP contribution in [0.3, 0.4) is 0 Å². The second-order valence-corrected chi connectivity index (χ2v) is 13.5. The molecular weight excluding hydrogens is 536 g/mol. The molecule has 0 radical (unpaired) electrons. The van der Waals surface area contributed by atoms with Crippen LogP contribution in [0.15, 0.2) is 54.6 Å². The van der Waals surface area contributed by atoms with Crippen molar-refractivity contribution in [3.05, 3.63) is 82.4 Å². The highest BCUT2D eigenvalue weighted by molar-refractivity contribution is 5.99. The standard InChI is InChI=1S/C37H40N2O4/c1-22-19-26(10-14-32(22)42-2)25-7-5-23(6-8-25)15-17-38-36(41)28-11-9-27-20-30-29-12-13-31(40)35-37(29,33(27)34(28)43-35)16-18-39(30)21-24-3-4-24/h5-11,14,19,24,29-30,35H,3-4,12-13,15-18,20-21H2,1-2H3,(H,38,41)/t29-,30+,35?,37-/m0/s1. The molecule has 2 heterocycles. The van der Waals surface area contributed by atoms with Crippen LogP contribution in [0.5, 0.6) is 11.5 Å². The summed E-state index contributed by atoms with van der Waals surface area (Å²) in [6, 6.07) is 19.3. The van der Waals surface area contributed by atoms with Crippen LogP contribution in [0.2, 0.25) is 0 Å². The minimum Gasteiger partial charge on any atom is -0.496 e. The van der Waals surface area contributed by atoms with Gasteiger partial charge in [-0.15, -0.1) is 0 Å². The van der Waals surface area contributed by atoms with E-state index < -0.39 is 6.10 Å². The summed E-state index contributed by atoms with van der Waals surface area (Å²) >= 11 is 0. The van der Waals surface area contributed by atoms with Crippen LogP contribution in [0.4, 0.5) is 0 Å². The fraction of sp³-hybridized carbons (Fsp3) is 0.459. The van der Waals surface area contributed by atoms with Crippen molar-refractivity contribution in [2.75, 3.05) is 26.7 Å². The lowest BCUT2D eigenvalue weighted by Gasteiger charge is -2.57. The number of carbonyl (C=O) groups excluding carboxylic acids is 2. The van der Waals surface area contributed by atoms with Crippen LogP contribution < -0.4 is 14.8 Å². The summed E-state index contributed by atoms with van der Waals surface area (Å²) < 4.78 is 12.0. The van der Waals surface area contributed by atoms with E-state index in [1.54, 1.807) is 7.11 Å². The number of methoxy groups -OCH3 is 1. The SMILES string of the molecule is COc1ccc(-c2ccc(CCNC(=O)c3ccc4c5c3OC3C(=O)CC[C@H]6[C@@H](C4)N(CC4CC4)CC[C@]536)cc2)cc1C. The Morgan fingerprint density at radius 2 is 1.88 bits per heavy atom. The Bertz CT molecular complexity index is 1610. The van der Waals surface area contributed by atoms with Crippen molar-refractivity contribution in [3.63, 3.8) is 0 Å². The number of rotatable bonds is 8. The summed E-state index contributed by atoms with van der Waals surface area (Å²) in [6.07, 6.45) is 6.50.